The zero-order chi connectivity index (χ0) is 17.8. The Hall–Kier alpha value is -1.39. The average Bonchev–Trinajstić information content (AvgIpc) is 2.64. The van der Waals surface area contributed by atoms with Gasteiger partial charge in [-0.2, -0.15) is 0 Å². The molecule has 2 aliphatic rings. The Kier molecular flexibility index (Phi) is 5.80. The summed E-state index contributed by atoms with van der Waals surface area (Å²) >= 11 is 0. The maximum Gasteiger partial charge on any atom is 0.316 e. The molecular weight excluding hydrogens is 312 g/mol. The lowest BCUT2D eigenvalue weighted by molar-refractivity contribution is -0.894. The molecule has 1 heterocycles. The average molecular weight is 346 g/mol. The number of carbonyl (C=O) groups excluding carboxylic acids is 1. The molecule has 0 spiro atoms. The summed E-state index contributed by atoms with van der Waals surface area (Å²) in [5.41, 5.74) is 0.719. The molecule has 4 heteroatoms. The van der Waals surface area contributed by atoms with Gasteiger partial charge in [-0.25, -0.2) is 0 Å². The quantitative estimate of drug-likeness (QED) is 0.607. The van der Waals surface area contributed by atoms with Crippen LogP contribution in [0.5, 0.6) is 0 Å². The van der Waals surface area contributed by atoms with Gasteiger partial charge in [-0.3, -0.25) is 9.69 Å². The standard InChI is InChI=1S/C21H33N2O2/c1-23(2)16-13-22(14-17-23)15-18-25-20(24)21(11-7-4-8-12-21)19-9-5-3-6-10-19/h3,5-6,9-10H,4,7-8,11-18H2,1-2H3/q+1. The van der Waals surface area contributed by atoms with Crippen molar-refractivity contribution in [2.24, 2.45) is 0 Å². The molecule has 0 amide bonds. The van der Waals surface area contributed by atoms with Gasteiger partial charge in [-0.1, -0.05) is 49.6 Å². The number of nitrogens with zero attached hydrogens (tertiary/aromatic N) is 2. The van der Waals surface area contributed by atoms with Gasteiger partial charge in [0.2, 0.25) is 0 Å². The molecule has 2 fully saturated rings. The number of ether oxygens (including phenoxy) is 1. The highest BCUT2D eigenvalue weighted by Crippen LogP contribution is 2.40. The lowest BCUT2D eigenvalue weighted by Crippen LogP contribution is -2.55. The highest BCUT2D eigenvalue weighted by atomic mass is 16.5. The number of quaternary nitrogens is 1. The van der Waals surface area contributed by atoms with Crippen LogP contribution in [0.3, 0.4) is 0 Å². The third-order valence-corrected chi connectivity index (χ3v) is 6.11. The van der Waals surface area contributed by atoms with E-state index in [1.165, 1.54) is 19.5 Å². The van der Waals surface area contributed by atoms with Crippen molar-refractivity contribution in [2.45, 2.75) is 37.5 Å². The van der Waals surface area contributed by atoms with Crippen LogP contribution in [0.2, 0.25) is 0 Å². The number of piperazine rings is 1. The molecule has 1 aliphatic heterocycles. The Morgan fingerprint density at radius 3 is 2.36 bits per heavy atom. The summed E-state index contributed by atoms with van der Waals surface area (Å²) in [5, 5.41) is 0. The SMILES string of the molecule is C[N+]1(C)CCN(CCOC(=O)C2(c3ccccc3)CCCCC2)CC1. The van der Waals surface area contributed by atoms with Crippen LogP contribution in [0.1, 0.15) is 37.7 Å². The molecule has 1 aromatic rings. The minimum atomic E-state index is -0.416. The Bertz CT molecular complexity index is 555. The van der Waals surface area contributed by atoms with E-state index in [-0.39, 0.29) is 5.97 Å². The van der Waals surface area contributed by atoms with Gasteiger partial charge in [0.1, 0.15) is 6.61 Å². The normalized spacial score (nSPS) is 23.1. The number of rotatable bonds is 5. The number of hydrogen-bond donors (Lipinski definition) is 0. The van der Waals surface area contributed by atoms with Crippen LogP contribution in [0, 0.1) is 0 Å². The van der Waals surface area contributed by atoms with Crippen LogP contribution in [0.4, 0.5) is 0 Å². The Balaban J connectivity index is 1.56. The number of benzene rings is 1. The second-order valence-corrected chi connectivity index (χ2v) is 8.37. The molecule has 0 unspecified atom stereocenters. The van der Waals surface area contributed by atoms with Gasteiger partial charge in [0.05, 0.1) is 32.6 Å². The maximum absolute atomic E-state index is 13.0. The Labute approximate surface area is 152 Å². The van der Waals surface area contributed by atoms with E-state index in [2.05, 4.69) is 31.1 Å². The predicted molar refractivity (Wildman–Crippen MR) is 100 cm³/mol. The third-order valence-electron chi connectivity index (χ3n) is 6.11. The highest BCUT2D eigenvalue weighted by molar-refractivity contribution is 5.83. The fourth-order valence-electron chi connectivity index (χ4n) is 4.20. The van der Waals surface area contributed by atoms with Crippen molar-refractivity contribution in [3.63, 3.8) is 0 Å². The van der Waals surface area contributed by atoms with E-state index < -0.39 is 5.41 Å². The number of hydrogen-bond acceptors (Lipinski definition) is 3. The third kappa shape index (κ3) is 4.42. The molecule has 1 saturated carbocycles. The summed E-state index contributed by atoms with van der Waals surface area (Å²) in [6.45, 7) is 5.89. The van der Waals surface area contributed by atoms with Gasteiger partial charge in [-0.05, 0) is 18.4 Å². The van der Waals surface area contributed by atoms with Gasteiger partial charge in [-0.15, -0.1) is 0 Å². The van der Waals surface area contributed by atoms with Crippen LogP contribution < -0.4 is 0 Å². The van der Waals surface area contributed by atoms with Crippen LogP contribution >= 0.6 is 0 Å². The summed E-state index contributed by atoms with van der Waals surface area (Å²) in [5.74, 6) is -0.00785. The van der Waals surface area contributed by atoms with E-state index in [1.807, 2.05) is 18.2 Å². The molecule has 0 atom stereocenters. The van der Waals surface area contributed by atoms with Crippen molar-refractivity contribution < 1.29 is 14.0 Å². The second kappa shape index (κ2) is 7.88. The summed E-state index contributed by atoms with van der Waals surface area (Å²) < 4.78 is 6.90. The van der Waals surface area contributed by atoms with Crippen LogP contribution in [-0.2, 0) is 14.9 Å². The fourth-order valence-corrected chi connectivity index (χ4v) is 4.20. The molecule has 0 aromatic heterocycles. The van der Waals surface area contributed by atoms with Gasteiger partial charge in [0, 0.05) is 19.6 Å². The van der Waals surface area contributed by atoms with Crippen LogP contribution in [-0.4, -0.2) is 68.8 Å². The lowest BCUT2D eigenvalue weighted by Gasteiger charge is -2.39. The molecule has 0 N–H and O–H groups in total. The van der Waals surface area contributed by atoms with Crippen molar-refractivity contribution in [1.29, 1.82) is 0 Å². The van der Waals surface area contributed by atoms with Gasteiger partial charge in [0.25, 0.3) is 0 Å². The summed E-state index contributed by atoms with van der Waals surface area (Å²) in [7, 11) is 4.56. The Morgan fingerprint density at radius 1 is 1.08 bits per heavy atom. The van der Waals surface area contributed by atoms with E-state index in [0.29, 0.717) is 6.61 Å². The number of esters is 1. The van der Waals surface area contributed by atoms with Gasteiger partial charge >= 0.3 is 5.97 Å². The van der Waals surface area contributed by atoms with E-state index >= 15 is 0 Å². The molecule has 1 aliphatic carbocycles. The van der Waals surface area contributed by atoms with Crippen molar-refractivity contribution >= 4 is 5.97 Å². The molecule has 1 saturated heterocycles. The zero-order valence-electron chi connectivity index (χ0n) is 15.9. The molecule has 0 radical (unpaired) electrons. The van der Waals surface area contributed by atoms with Crippen molar-refractivity contribution in [2.75, 3.05) is 53.4 Å². The first-order chi connectivity index (χ1) is 12.0. The first kappa shape index (κ1) is 18.4. The fraction of sp³-hybridized carbons (Fsp3) is 0.667. The van der Waals surface area contributed by atoms with Crippen molar-refractivity contribution in [1.82, 2.24) is 4.90 Å². The number of carbonyl (C=O) groups is 1. The topological polar surface area (TPSA) is 29.5 Å². The molecule has 138 valence electrons. The molecule has 0 bridgehead atoms. The lowest BCUT2D eigenvalue weighted by atomic mass is 9.69. The summed E-state index contributed by atoms with van der Waals surface area (Å²) in [6.07, 6.45) is 5.30. The molecule has 25 heavy (non-hydrogen) atoms. The molecule has 1 aromatic carbocycles. The zero-order valence-corrected chi connectivity index (χ0v) is 15.9. The van der Waals surface area contributed by atoms with E-state index in [1.54, 1.807) is 0 Å². The van der Waals surface area contributed by atoms with Gasteiger partial charge < -0.3 is 9.22 Å². The molecule has 4 nitrogen and oxygen atoms in total. The van der Waals surface area contributed by atoms with Gasteiger partial charge in [0.15, 0.2) is 0 Å². The Morgan fingerprint density at radius 2 is 1.72 bits per heavy atom. The number of likely N-dealkylation sites (N-methyl/N-ethyl adjacent to an activating group) is 1. The minimum Gasteiger partial charge on any atom is -0.464 e. The summed E-state index contributed by atoms with van der Waals surface area (Å²) in [6, 6.07) is 10.3. The van der Waals surface area contributed by atoms with Crippen molar-refractivity contribution in [3.8, 4) is 0 Å². The maximum atomic E-state index is 13.0. The second-order valence-electron chi connectivity index (χ2n) is 8.37. The molecular formula is C21H33N2O2+. The predicted octanol–water partition coefficient (Wildman–Crippen LogP) is 2.82. The smallest absolute Gasteiger partial charge is 0.316 e. The largest absolute Gasteiger partial charge is 0.464 e. The molecule has 3 rings (SSSR count). The first-order valence-corrected chi connectivity index (χ1v) is 9.79. The highest BCUT2D eigenvalue weighted by Gasteiger charge is 2.42. The van der Waals surface area contributed by atoms with Crippen LogP contribution in [0.25, 0.3) is 0 Å². The van der Waals surface area contributed by atoms with E-state index in [9.17, 15) is 4.79 Å². The van der Waals surface area contributed by atoms with E-state index in [4.69, 9.17) is 4.74 Å². The van der Waals surface area contributed by atoms with Crippen LogP contribution in [0.15, 0.2) is 30.3 Å². The monoisotopic (exact) mass is 345 g/mol. The van der Waals surface area contributed by atoms with Crippen molar-refractivity contribution in [3.05, 3.63) is 35.9 Å². The van der Waals surface area contributed by atoms with E-state index in [0.717, 1.165) is 55.4 Å². The first-order valence-electron chi connectivity index (χ1n) is 9.79. The minimum absolute atomic E-state index is 0.00785. The summed E-state index contributed by atoms with van der Waals surface area (Å²) in [4.78, 5) is 15.4.